The van der Waals surface area contributed by atoms with Gasteiger partial charge in [0.25, 0.3) is 11.8 Å². The van der Waals surface area contributed by atoms with Gasteiger partial charge in [0.15, 0.2) is 10.8 Å². The van der Waals surface area contributed by atoms with Crippen LogP contribution in [-0.2, 0) is 14.4 Å². The van der Waals surface area contributed by atoms with Crippen molar-refractivity contribution < 1.29 is 24.7 Å². The largest absolute Gasteiger partial charge is 0.477 e. The van der Waals surface area contributed by atoms with Crippen LogP contribution in [0, 0.1) is 0 Å². The number of fused-ring (bicyclic) bond motifs is 1. The first-order valence-electron chi connectivity index (χ1n) is 6.97. The minimum absolute atomic E-state index is 0.0532. The lowest BCUT2D eigenvalue weighted by molar-refractivity contribution is -0.150. The van der Waals surface area contributed by atoms with Gasteiger partial charge in [0, 0.05) is 11.1 Å². The van der Waals surface area contributed by atoms with E-state index in [2.05, 4.69) is 15.5 Å². The van der Waals surface area contributed by atoms with Crippen molar-refractivity contribution in [3.8, 4) is 0 Å². The molecule has 0 radical (unpaired) electrons. The summed E-state index contributed by atoms with van der Waals surface area (Å²) in [5.41, 5.74) is 5.74. The third-order valence-corrected chi connectivity index (χ3v) is 5.83. The molecule has 10 nitrogen and oxygen atoms in total. The number of nitrogen functional groups attached to an aromatic ring is 1. The molecule has 2 atom stereocenters. The molecule has 25 heavy (non-hydrogen) atoms. The first-order chi connectivity index (χ1) is 11.8. The van der Waals surface area contributed by atoms with Gasteiger partial charge in [0.2, 0.25) is 0 Å². The van der Waals surface area contributed by atoms with E-state index in [-0.39, 0.29) is 22.2 Å². The average molecular weight is 383 g/mol. The quantitative estimate of drug-likeness (QED) is 0.238. The molecule has 2 amide bonds. The number of nitrogens with zero attached hydrogens (tertiary/aromatic N) is 3. The summed E-state index contributed by atoms with van der Waals surface area (Å²) in [4.78, 5) is 41.0. The fraction of sp³-hybridized carbons (Fsp3) is 0.308. The zero-order valence-corrected chi connectivity index (χ0v) is 14.4. The summed E-state index contributed by atoms with van der Waals surface area (Å²) in [7, 11) is 0. The Morgan fingerprint density at radius 1 is 1.52 bits per heavy atom. The Labute approximate surface area is 149 Å². The van der Waals surface area contributed by atoms with Crippen LogP contribution >= 0.6 is 23.1 Å². The van der Waals surface area contributed by atoms with Gasteiger partial charge in [0.1, 0.15) is 22.8 Å². The summed E-state index contributed by atoms with van der Waals surface area (Å²) < 4.78 is 0. The molecule has 1 fully saturated rings. The van der Waals surface area contributed by atoms with Crippen LogP contribution in [0.25, 0.3) is 0 Å². The molecule has 12 heteroatoms. The number of rotatable bonds is 4. The molecule has 1 aromatic heterocycles. The lowest BCUT2D eigenvalue weighted by Crippen LogP contribution is -2.71. The van der Waals surface area contributed by atoms with E-state index in [0.717, 1.165) is 16.2 Å². The third-order valence-electron chi connectivity index (χ3n) is 3.73. The minimum Gasteiger partial charge on any atom is -0.477 e. The summed E-state index contributed by atoms with van der Waals surface area (Å²) >= 11 is 2.42. The zero-order chi connectivity index (χ0) is 18.3. The van der Waals surface area contributed by atoms with E-state index in [4.69, 9.17) is 10.9 Å². The highest BCUT2D eigenvalue weighted by Crippen LogP contribution is 2.40. The Bertz CT molecular complexity index is 833. The molecule has 3 rings (SSSR count). The molecule has 5 N–H and O–H groups in total. The van der Waals surface area contributed by atoms with Crippen LogP contribution in [-0.4, -0.2) is 60.9 Å². The fourth-order valence-electron chi connectivity index (χ4n) is 2.59. The van der Waals surface area contributed by atoms with Crippen LogP contribution in [0.2, 0.25) is 0 Å². The second-order valence-corrected chi connectivity index (χ2v) is 7.31. The number of β-lactam (4-membered cyclic amide) rings is 1. The first-order valence-corrected chi connectivity index (χ1v) is 8.90. The number of hydrogen-bond acceptors (Lipinski definition) is 9. The standard InChI is InChI=1S/C13H13N5O5S2/c1-4-2-24-11-7(10(20)18(11)8(4)12(21)22)16-9(19)6(17-23)5-3-25-13(14)15-5/h3,7,11,23H,2H2,1H3,(H2,14,15)(H,16,19)(H,21,22). The molecule has 1 aromatic rings. The molecule has 2 aliphatic heterocycles. The Hall–Kier alpha value is -2.60. The van der Waals surface area contributed by atoms with Gasteiger partial charge in [-0.3, -0.25) is 14.5 Å². The minimum atomic E-state index is -1.18. The number of aromatic nitrogens is 1. The van der Waals surface area contributed by atoms with Crippen LogP contribution in [0.15, 0.2) is 21.8 Å². The number of nitrogens with one attached hydrogen (secondary N) is 1. The van der Waals surface area contributed by atoms with E-state index in [1.165, 1.54) is 17.1 Å². The van der Waals surface area contributed by atoms with Crippen LogP contribution in [0.1, 0.15) is 12.6 Å². The summed E-state index contributed by atoms with van der Waals surface area (Å²) in [5.74, 6) is -2.07. The fourth-order valence-corrected chi connectivity index (χ4v) is 4.43. The van der Waals surface area contributed by atoms with Crippen molar-refractivity contribution in [3.05, 3.63) is 22.3 Å². The smallest absolute Gasteiger partial charge is 0.352 e. The van der Waals surface area contributed by atoms with Crippen LogP contribution in [0.5, 0.6) is 0 Å². The Balaban J connectivity index is 1.76. The average Bonchev–Trinajstić information content (AvgIpc) is 2.98. The maximum absolute atomic E-state index is 12.3. The molecule has 132 valence electrons. The van der Waals surface area contributed by atoms with Crippen molar-refractivity contribution in [1.29, 1.82) is 0 Å². The van der Waals surface area contributed by atoms with Gasteiger partial charge in [0.05, 0.1) is 0 Å². The number of carbonyl (C=O) groups excluding carboxylic acids is 2. The molecule has 1 saturated heterocycles. The second-order valence-electron chi connectivity index (χ2n) is 5.31. The predicted molar refractivity (Wildman–Crippen MR) is 90.2 cm³/mol. The molecule has 2 unspecified atom stereocenters. The monoisotopic (exact) mass is 383 g/mol. The van der Waals surface area contributed by atoms with Crippen molar-refractivity contribution in [1.82, 2.24) is 15.2 Å². The highest BCUT2D eigenvalue weighted by molar-refractivity contribution is 8.00. The highest BCUT2D eigenvalue weighted by Gasteiger charge is 2.54. The van der Waals surface area contributed by atoms with Crippen LogP contribution in [0.4, 0.5) is 5.13 Å². The number of carbonyl (C=O) groups is 3. The topological polar surface area (TPSA) is 158 Å². The second kappa shape index (κ2) is 6.37. The predicted octanol–water partition coefficient (Wildman–Crippen LogP) is -0.338. The number of carboxylic acid groups (broad SMARTS) is 1. The maximum atomic E-state index is 12.3. The molecule has 3 heterocycles. The number of thiazole rings is 1. The molecule has 0 aliphatic carbocycles. The summed E-state index contributed by atoms with van der Waals surface area (Å²) in [6, 6.07) is -0.910. The van der Waals surface area contributed by atoms with E-state index in [0.29, 0.717) is 11.3 Å². The van der Waals surface area contributed by atoms with Crippen molar-refractivity contribution in [2.45, 2.75) is 18.3 Å². The Morgan fingerprint density at radius 2 is 2.24 bits per heavy atom. The van der Waals surface area contributed by atoms with Gasteiger partial charge < -0.3 is 21.4 Å². The number of thioether (sulfide) groups is 1. The van der Waals surface area contributed by atoms with Gasteiger partial charge in [-0.25, -0.2) is 9.78 Å². The Kier molecular flexibility index (Phi) is 4.39. The number of nitrogens with two attached hydrogens (primary N) is 1. The molecule has 0 bridgehead atoms. The maximum Gasteiger partial charge on any atom is 0.352 e. The van der Waals surface area contributed by atoms with E-state index in [1.54, 1.807) is 6.92 Å². The van der Waals surface area contributed by atoms with Crippen molar-refractivity contribution in [2.75, 3.05) is 11.5 Å². The zero-order valence-electron chi connectivity index (χ0n) is 12.8. The first kappa shape index (κ1) is 17.2. The van der Waals surface area contributed by atoms with Crippen molar-refractivity contribution in [3.63, 3.8) is 0 Å². The van der Waals surface area contributed by atoms with Crippen molar-refractivity contribution >= 4 is 51.7 Å². The van der Waals surface area contributed by atoms with Gasteiger partial charge in [-0.1, -0.05) is 5.16 Å². The molecule has 0 saturated carbocycles. The highest BCUT2D eigenvalue weighted by atomic mass is 32.2. The number of oxime groups is 1. The normalized spacial score (nSPS) is 23.2. The molecule has 2 aliphatic rings. The molecule has 0 aromatic carbocycles. The van der Waals surface area contributed by atoms with Gasteiger partial charge in [-0.2, -0.15) is 0 Å². The number of aliphatic carboxylic acids is 1. The van der Waals surface area contributed by atoms with Crippen molar-refractivity contribution in [2.24, 2.45) is 5.16 Å². The molecular formula is C13H13N5O5S2. The van der Waals surface area contributed by atoms with E-state index >= 15 is 0 Å². The SMILES string of the molecule is CC1=C(C(=O)O)N2C(=O)C(NC(=O)C(=NO)c3csc(N)n3)C2SC1. The molecular weight excluding hydrogens is 370 g/mol. The number of anilines is 1. The van der Waals surface area contributed by atoms with E-state index in [9.17, 15) is 19.5 Å². The third kappa shape index (κ3) is 2.82. The van der Waals surface area contributed by atoms with Gasteiger partial charge in [-0.15, -0.1) is 23.1 Å². The number of carboxylic acids is 1. The van der Waals surface area contributed by atoms with E-state index < -0.39 is 29.2 Å². The summed E-state index contributed by atoms with van der Waals surface area (Å²) in [6.07, 6.45) is 0. The summed E-state index contributed by atoms with van der Waals surface area (Å²) in [6.45, 7) is 1.65. The number of hydrogen-bond donors (Lipinski definition) is 4. The lowest BCUT2D eigenvalue weighted by Gasteiger charge is -2.49. The number of amides is 2. The van der Waals surface area contributed by atoms with E-state index in [1.807, 2.05) is 0 Å². The Morgan fingerprint density at radius 3 is 2.80 bits per heavy atom. The summed E-state index contributed by atoms with van der Waals surface area (Å²) in [5, 5.41) is 24.9. The molecule has 0 spiro atoms. The van der Waals surface area contributed by atoms with Gasteiger partial charge >= 0.3 is 5.97 Å². The van der Waals surface area contributed by atoms with Gasteiger partial charge in [-0.05, 0) is 12.5 Å². The van der Waals surface area contributed by atoms with Crippen LogP contribution < -0.4 is 11.1 Å². The van der Waals surface area contributed by atoms with Crippen LogP contribution in [0.3, 0.4) is 0 Å². The lowest BCUT2D eigenvalue weighted by atomic mass is 10.0.